The van der Waals surface area contributed by atoms with Crippen LogP contribution >= 0.6 is 0 Å². The maximum Gasteiger partial charge on any atom is 0.332 e. The third kappa shape index (κ3) is 3.14. The molecule has 148 valence electrons. The molecule has 7 nitrogen and oxygen atoms in total. The molecule has 2 aromatic carbocycles. The molecule has 1 saturated heterocycles. The van der Waals surface area contributed by atoms with Gasteiger partial charge in [-0.3, -0.25) is 9.59 Å². The summed E-state index contributed by atoms with van der Waals surface area (Å²) in [5.41, 5.74) is 1.72. The van der Waals surface area contributed by atoms with Crippen LogP contribution in [0.5, 0.6) is 5.75 Å². The zero-order valence-electron chi connectivity index (χ0n) is 16.1. The van der Waals surface area contributed by atoms with E-state index in [0.29, 0.717) is 23.5 Å². The molecular weight excluding hydrogens is 370 g/mol. The average molecular weight is 391 g/mol. The van der Waals surface area contributed by atoms with Gasteiger partial charge >= 0.3 is 6.03 Å². The molecular formula is C22H21N3O4. The molecule has 2 aliphatic heterocycles. The first-order chi connectivity index (χ1) is 14.0. The number of fused-ring (bicyclic) bond motifs is 1. The fourth-order valence-electron chi connectivity index (χ4n) is 3.75. The van der Waals surface area contributed by atoms with Gasteiger partial charge in [-0.25, -0.2) is 9.69 Å². The number of urea groups is 1. The van der Waals surface area contributed by atoms with E-state index in [1.165, 1.54) is 9.80 Å². The topological polar surface area (TPSA) is 70.2 Å². The molecule has 1 atom stereocenters. The zero-order valence-corrected chi connectivity index (χ0v) is 16.1. The van der Waals surface area contributed by atoms with Gasteiger partial charge in [0, 0.05) is 20.0 Å². The summed E-state index contributed by atoms with van der Waals surface area (Å²) in [7, 11) is 1.61. The van der Waals surface area contributed by atoms with Crippen molar-refractivity contribution in [1.29, 1.82) is 0 Å². The molecule has 0 saturated carbocycles. The summed E-state index contributed by atoms with van der Waals surface area (Å²) < 4.78 is 5.50. The summed E-state index contributed by atoms with van der Waals surface area (Å²) in [5.74, 6) is -0.111. The van der Waals surface area contributed by atoms with Crippen LogP contribution in [0.4, 0.5) is 16.2 Å². The predicted octanol–water partition coefficient (Wildman–Crippen LogP) is 2.61. The Labute approximate surface area is 168 Å². The highest BCUT2D eigenvalue weighted by atomic mass is 16.5. The van der Waals surface area contributed by atoms with Gasteiger partial charge in [0.05, 0.1) is 5.69 Å². The molecule has 0 aliphatic carbocycles. The number of carbonyl (C=O) groups excluding carboxylic acids is 3. The number of amides is 4. The number of hydrogen-bond donors (Lipinski definition) is 0. The summed E-state index contributed by atoms with van der Waals surface area (Å²) in [6, 6.07) is 13.6. The second kappa shape index (κ2) is 7.43. The van der Waals surface area contributed by atoms with Crippen LogP contribution in [0.25, 0.3) is 0 Å². The number of para-hydroxylation sites is 1. The lowest BCUT2D eigenvalue weighted by Crippen LogP contribution is -2.39. The molecule has 2 heterocycles. The molecule has 0 spiro atoms. The lowest BCUT2D eigenvalue weighted by molar-refractivity contribution is -0.121. The van der Waals surface area contributed by atoms with Gasteiger partial charge in [-0.1, -0.05) is 42.5 Å². The van der Waals surface area contributed by atoms with E-state index in [1.807, 2.05) is 30.3 Å². The van der Waals surface area contributed by atoms with Crippen molar-refractivity contribution in [3.05, 3.63) is 66.7 Å². The summed E-state index contributed by atoms with van der Waals surface area (Å²) in [4.78, 5) is 42.8. The molecule has 1 fully saturated rings. The molecule has 2 aliphatic rings. The second-order valence-electron chi connectivity index (χ2n) is 6.97. The minimum atomic E-state index is -0.649. The Bertz CT molecular complexity index is 989. The molecule has 2 aromatic rings. The van der Waals surface area contributed by atoms with Crippen molar-refractivity contribution >= 4 is 29.2 Å². The van der Waals surface area contributed by atoms with E-state index in [1.54, 1.807) is 31.3 Å². The highest BCUT2D eigenvalue weighted by Gasteiger charge is 2.47. The van der Waals surface area contributed by atoms with Crippen molar-refractivity contribution in [2.45, 2.75) is 12.5 Å². The number of imide groups is 1. The second-order valence-corrected chi connectivity index (χ2v) is 6.97. The molecule has 29 heavy (non-hydrogen) atoms. The van der Waals surface area contributed by atoms with Gasteiger partial charge in [0.1, 0.15) is 17.5 Å². The van der Waals surface area contributed by atoms with Crippen molar-refractivity contribution in [3.8, 4) is 5.75 Å². The van der Waals surface area contributed by atoms with Crippen LogP contribution in [0.15, 0.2) is 61.2 Å². The highest BCUT2D eigenvalue weighted by molar-refractivity contribution is 6.23. The van der Waals surface area contributed by atoms with E-state index >= 15 is 0 Å². The fraction of sp³-hybridized carbons (Fsp3) is 0.227. The lowest BCUT2D eigenvalue weighted by Gasteiger charge is -2.30. The number of likely N-dealkylation sites (N-methyl/N-ethyl adjacent to an activating group) is 1. The highest BCUT2D eigenvalue weighted by Crippen LogP contribution is 2.42. The van der Waals surface area contributed by atoms with E-state index < -0.39 is 12.1 Å². The SMILES string of the molecule is C=CCN1C(=O)N(c2cccc3c2N(C)C(=O)CO3)C(=O)C1Cc1ccccc1. The maximum atomic E-state index is 13.4. The first kappa shape index (κ1) is 18.7. The van der Waals surface area contributed by atoms with Gasteiger partial charge in [0.2, 0.25) is 0 Å². The Hall–Kier alpha value is -3.61. The number of carbonyl (C=O) groups is 3. The normalized spacial score (nSPS) is 18.7. The van der Waals surface area contributed by atoms with E-state index in [2.05, 4.69) is 6.58 Å². The molecule has 0 radical (unpaired) electrons. The van der Waals surface area contributed by atoms with E-state index in [9.17, 15) is 14.4 Å². The third-order valence-corrected chi connectivity index (χ3v) is 5.20. The number of nitrogens with zero attached hydrogens (tertiary/aromatic N) is 3. The summed E-state index contributed by atoms with van der Waals surface area (Å²) in [6.45, 7) is 3.89. The number of benzene rings is 2. The van der Waals surface area contributed by atoms with Gasteiger partial charge in [0.15, 0.2) is 6.61 Å². The lowest BCUT2D eigenvalue weighted by atomic mass is 10.0. The predicted molar refractivity (Wildman–Crippen MR) is 109 cm³/mol. The Morgan fingerprint density at radius 2 is 1.86 bits per heavy atom. The van der Waals surface area contributed by atoms with Crippen LogP contribution in [0.1, 0.15) is 5.56 Å². The van der Waals surface area contributed by atoms with Gasteiger partial charge in [-0.2, -0.15) is 0 Å². The Kier molecular flexibility index (Phi) is 4.80. The van der Waals surface area contributed by atoms with Crippen LogP contribution in [-0.4, -0.2) is 49.0 Å². The van der Waals surface area contributed by atoms with Crippen molar-refractivity contribution in [2.75, 3.05) is 30.0 Å². The van der Waals surface area contributed by atoms with E-state index in [-0.39, 0.29) is 25.0 Å². The third-order valence-electron chi connectivity index (χ3n) is 5.20. The van der Waals surface area contributed by atoms with Crippen molar-refractivity contribution < 1.29 is 19.1 Å². The van der Waals surface area contributed by atoms with Crippen LogP contribution < -0.4 is 14.5 Å². The summed E-state index contributed by atoms with van der Waals surface area (Å²) in [5, 5.41) is 0. The first-order valence-electron chi connectivity index (χ1n) is 9.34. The van der Waals surface area contributed by atoms with Crippen LogP contribution in [0.3, 0.4) is 0 Å². The minimum Gasteiger partial charge on any atom is -0.481 e. The zero-order chi connectivity index (χ0) is 20.5. The van der Waals surface area contributed by atoms with Crippen molar-refractivity contribution in [3.63, 3.8) is 0 Å². The summed E-state index contributed by atoms with van der Waals surface area (Å²) in [6.07, 6.45) is 2.00. The Balaban J connectivity index is 1.75. The number of hydrogen-bond acceptors (Lipinski definition) is 4. The largest absolute Gasteiger partial charge is 0.481 e. The smallest absolute Gasteiger partial charge is 0.332 e. The van der Waals surface area contributed by atoms with E-state index in [4.69, 9.17) is 4.74 Å². The fourth-order valence-corrected chi connectivity index (χ4v) is 3.75. The van der Waals surface area contributed by atoms with Crippen molar-refractivity contribution in [2.24, 2.45) is 0 Å². The molecule has 0 bridgehead atoms. The Morgan fingerprint density at radius 3 is 2.59 bits per heavy atom. The number of ether oxygens (including phenoxy) is 1. The number of anilines is 2. The molecule has 7 heteroatoms. The molecule has 0 aromatic heterocycles. The minimum absolute atomic E-state index is 0.0753. The standard InChI is InChI=1S/C22H21N3O4/c1-3-12-24-17(13-15-8-5-4-6-9-15)21(27)25(22(24)28)16-10-7-11-18-20(16)23(2)19(26)14-29-18/h3-11,17H,1,12-14H2,2H3. The molecule has 4 rings (SSSR count). The maximum absolute atomic E-state index is 13.4. The van der Waals surface area contributed by atoms with Gasteiger partial charge < -0.3 is 14.5 Å². The molecule has 0 N–H and O–H groups in total. The van der Waals surface area contributed by atoms with Crippen LogP contribution in [0, 0.1) is 0 Å². The molecule has 4 amide bonds. The quantitative estimate of drug-likeness (QED) is 0.580. The first-order valence-corrected chi connectivity index (χ1v) is 9.34. The van der Waals surface area contributed by atoms with Crippen molar-refractivity contribution in [1.82, 2.24) is 4.90 Å². The van der Waals surface area contributed by atoms with Gasteiger partial charge in [0.25, 0.3) is 11.8 Å². The average Bonchev–Trinajstić information content (AvgIpc) is 2.95. The van der Waals surface area contributed by atoms with Gasteiger partial charge in [-0.05, 0) is 17.7 Å². The van der Waals surface area contributed by atoms with Crippen LogP contribution in [0.2, 0.25) is 0 Å². The monoisotopic (exact) mass is 391 g/mol. The number of rotatable bonds is 5. The van der Waals surface area contributed by atoms with Crippen LogP contribution in [-0.2, 0) is 16.0 Å². The van der Waals surface area contributed by atoms with Gasteiger partial charge in [-0.15, -0.1) is 6.58 Å². The summed E-state index contributed by atoms with van der Waals surface area (Å²) >= 11 is 0. The van der Waals surface area contributed by atoms with E-state index in [0.717, 1.165) is 10.5 Å². The molecule has 1 unspecified atom stereocenters. The Morgan fingerprint density at radius 1 is 1.10 bits per heavy atom.